The Bertz CT molecular complexity index is 279. The molecule has 0 saturated heterocycles. The molecule has 1 saturated carbocycles. The van der Waals surface area contributed by atoms with Crippen LogP contribution in [0.25, 0.3) is 0 Å². The molecule has 0 atom stereocenters. The summed E-state index contributed by atoms with van der Waals surface area (Å²) in [5, 5.41) is 8.61. The van der Waals surface area contributed by atoms with Gasteiger partial charge in [0.2, 0.25) is 5.91 Å². The molecule has 1 rings (SSSR count). The van der Waals surface area contributed by atoms with Gasteiger partial charge in [-0.2, -0.15) is 5.26 Å². The maximum absolute atomic E-state index is 12.0. The van der Waals surface area contributed by atoms with E-state index in [4.69, 9.17) is 5.26 Å². The third kappa shape index (κ3) is 6.05. The van der Waals surface area contributed by atoms with Crippen molar-refractivity contribution in [2.45, 2.75) is 77.2 Å². The van der Waals surface area contributed by atoms with E-state index in [1.807, 2.05) is 4.90 Å². The van der Waals surface area contributed by atoms with Crippen LogP contribution in [-0.4, -0.2) is 23.4 Å². The average molecular weight is 250 g/mol. The summed E-state index contributed by atoms with van der Waals surface area (Å²) in [7, 11) is 0. The Kier molecular flexibility index (Phi) is 7.48. The molecule has 0 aromatic heterocycles. The molecular formula is C15H26N2O. The zero-order chi connectivity index (χ0) is 13.2. The highest BCUT2D eigenvalue weighted by Crippen LogP contribution is 2.27. The van der Waals surface area contributed by atoms with Crippen molar-refractivity contribution in [1.29, 1.82) is 5.26 Å². The van der Waals surface area contributed by atoms with Crippen LogP contribution in [0, 0.1) is 11.3 Å². The third-order valence-corrected chi connectivity index (χ3v) is 3.52. The monoisotopic (exact) mass is 250 g/mol. The summed E-state index contributed by atoms with van der Waals surface area (Å²) in [6.45, 7) is 2.85. The van der Waals surface area contributed by atoms with E-state index in [1.54, 1.807) is 0 Å². The summed E-state index contributed by atoms with van der Waals surface area (Å²) < 4.78 is 0. The van der Waals surface area contributed by atoms with Crippen LogP contribution in [0.5, 0.6) is 0 Å². The fourth-order valence-electron chi connectivity index (χ4n) is 2.27. The molecule has 1 fully saturated rings. The van der Waals surface area contributed by atoms with Crippen molar-refractivity contribution in [2.24, 2.45) is 0 Å². The van der Waals surface area contributed by atoms with Crippen molar-refractivity contribution >= 4 is 5.91 Å². The Morgan fingerprint density at radius 2 is 1.89 bits per heavy atom. The number of carbonyl (C=O) groups excluding carboxylic acids is 1. The summed E-state index contributed by atoms with van der Waals surface area (Å²) in [5.41, 5.74) is 0. The number of nitrogens with zero attached hydrogens (tertiary/aromatic N) is 2. The van der Waals surface area contributed by atoms with E-state index in [0.717, 1.165) is 19.3 Å². The predicted octanol–water partition coefficient (Wildman–Crippen LogP) is 3.64. The van der Waals surface area contributed by atoms with Gasteiger partial charge in [-0.1, -0.05) is 39.0 Å². The van der Waals surface area contributed by atoms with Gasteiger partial charge in [-0.05, 0) is 19.3 Å². The fraction of sp³-hybridized carbons (Fsp3) is 0.867. The van der Waals surface area contributed by atoms with Crippen molar-refractivity contribution in [3.63, 3.8) is 0 Å². The maximum Gasteiger partial charge on any atom is 0.222 e. The minimum Gasteiger partial charge on any atom is -0.339 e. The van der Waals surface area contributed by atoms with Crippen LogP contribution in [0.15, 0.2) is 0 Å². The zero-order valence-electron chi connectivity index (χ0n) is 11.7. The molecule has 0 unspecified atom stereocenters. The van der Waals surface area contributed by atoms with E-state index >= 15 is 0 Å². The highest BCUT2D eigenvalue weighted by Gasteiger charge is 2.31. The number of unbranched alkanes of at least 4 members (excludes halogenated alkanes) is 5. The van der Waals surface area contributed by atoms with Gasteiger partial charge in [-0.25, -0.2) is 0 Å². The molecule has 0 aliphatic heterocycles. The van der Waals surface area contributed by atoms with Gasteiger partial charge in [0, 0.05) is 19.0 Å². The molecule has 18 heavy (non-hydrogen) atoms. The van der Waals surface area contributed by atoms with Crippen LogP contribution in [0.4, 0.5) is 0 Å². The van der Waals surface area contributed by atoms with Crippen LogP contribution in [0.1, 0.15) is 71.1 Å². The molecule has 1 aliphatic rings. The van der Waals surface area contributed by atoms with Crippen LogP contribution >= 0.6 is 0 Å². The van der Waals surface area contributed by atoms with Crippen molar-refractivity contribution < 1.29 is 4.79 Å². The van der Waals surface area contributed by atoms with E-state index in [-0.39, 0.29) is 5.91 Å². The lowest BCUT2D eigenvalue weighted by Gasteiger charge is -2.21. The predicted molar refractivity (Wildman–Crippen MR) is 73.0 cm³/mol. The Balaban J connectivity index is 2.11. The first-order valence-corrected chi connectivity index (χ1v) is 7.46. The molecule has 1 aliphatic carbocycles. The quantitative estimate of drug-likeness (QED) is 0.556. The first kappa shape index (κ1) is 15.0. The first-order valence-electron chi connectivity index (χ1n) is 7.46. The van der Waals surface area contributed by atoms with Gasteiger partial charge >= 0.3 is 0 Å². The molecule has 3 nitrogen and oxygen atoms in total. The van der Waals surface area contributed by atoms with Gasteiger partial charge in [-0.15, -0.1) is 0 Å². The molecule has 0 aromatic rings. The summed E-state index contributed by atoms with van der Waals surface area (Å²) in [4.78, 5) is 14.0. The third-order valence-electron chi connectivity index (χ3n) is 3.52. The van der Waals surface area contributed by atoms with Gasteiger partial charge in [0.25, 0.3) is 0 Å². The summed E-state index contributed by atoms with van der Waals surface area (Å²) in [5.74, 6) is 0.267. The molecule has 102 valence electrons. The molecule has 0 bridgehead atoms. The molecular weight excluding hydrogens is 224 g/mol. The topological polar surface area (TPSA) is 44.1 Å². The second-order valence-corrected chi connectivity index (χ2v) is 5.24. The second kappa shape index (κ2) is 8.97. The lowest BCUT2D eigenvalue weighted by atomic mass is 10.1. The van der Waals surface area contributed by atoms with Crippen LogP contribution in [0.3, 0.4) is 0 Å². The van der Waals surface area contributed by atoms with E-state index in [2.05, 4.69) is 13.0 Å². The first-order chi connectivity index (χ1) is 8.79. The fourth-order valence-corrected chi connectivity index (χ4v) is 2.27. The van der Waals surface area contributed by atoms with E-state index in [9.17, 15) is 4.79 Å². The van der Waals surface area contributed by atoms with Gasteiger partial charge < -0.3 is 4.90 Å². The smallest absolute Gasteiger partial charge is 0.222 e. The molecule has 0 aromatic carbocycles. The Morgan fingerprint density at radius 1 is 1.22 bits per heavy atom. The van der Waals surface area contributed by atoms with Crippen molar-refractivity contribution in [2.75, 3.05) is 6.54 Å². The Hall–Kier alpha value is -1.04. The molecule has 0 N–H and O–H groups in total. The molecule has 1 amide bonds. The average Bonchev–Trinajstić information content (AvgIpc) is 3.18. The highest BCUT2D eigenvalue weighted by atomic mass is 16.2. The lowest BCUT2D eigenvalue weighted by Crippen LogP contribution is -2.33. The number of carbonyl (C=O) groups is 1. The number of amides is 1. The molecule has 0 radical (unpaired) electrons. The maximum atomic E-state index is 12.0. The molecule has 3 heteroatoms. The van der Waals surface area contributed by atoms with E-state index in [1.165, 1.54) is 32.1 Å². The number of nitriles is 1. The summed E-state index contributed by atoms with van der Waals surface area (Å²) in [6.07, 6.45) is 10.7. The highest BCUT2D eigenvalue weighted by molar-refractivity contribution is 5.76. The number of hydrogen-bond donors (Lipinski definition) is 0. The zero-order valence-corrected chi connectivity index (χ0v) is 11.7. The number of rotatable bonds is 10. The van der Waals surface area contributed by atoms with Gasteiger partial charge in [0.05, 0.1) is 12.5 Å². The molecule has 0 spiro atoms. The summed E-state index contributed by atoms with van der Waals surface area (Å²) in [6, 6.07) is 2.58. The van der Waals surface area contributed by atoms with Crippen LogP contribution in [0.2, 0.25) is 0 Å². The van der Waals surface area contributed by atoms with Crippen molar-refractivity contribution in [3.8, 4) is 6.07 Å². The van der Waals surface area contributed by atoms with Gasteiger partial charge in [0.1, 0.15) is 0 Å². The number of hydrogen-bond acceptors (Lipinski definition) is 2. The standard InChI is InChI=1S/C15H26N2O/c1-2-3-4-5-6-7-9-15(18)17(13-8-12-16)14-10-11-14/h14H,2-11,13H2,1H3. The normalized spacial score (nSPS) is 14.2. The molecule has 0 heterocycles. The van der Waals surface area contributed by atoms with E-state index < -0.39 is 0 Å². The van der Waals surface area contributed by atoms with Gasteiger partial charge in [-0.3, -0.25) is 4.79 Å². The van der Waals surface area contributed by atoms with Crippen molar-refractivity contribution in [1.82, 2.24) is 4.90 Å². The minimum absolute atomic E-state index is 0.267. The summed E-state index contributed by atoms with van der Waals surface area (Å²) >= 11 is 0. The Labute approximate surface area is 111 Å². The van der Waals surface area contributed by atoms with Crippen LogP contribution < -0.4 is 0 Å². The SMILES string of the molecule is CCCCCCCCC(=O)N(CCC#N)C1CC1. The largest absolute Gasteiger partial charge is 0.339 e. The van der Waals surface area contributed by atoms with Crippen molar-refractivity contribution in [3.05, 3.63) is 0 Å². The van der Waals surface area contributed by atoms with E-state index in [0.29, 0.717) is 25.4 Å². The minimum atomic E-state index is 0.267. The van der Waals surface area contributed by atoms with Gasteiger partial charge in [0.15, 0.2) is 0 Å². The second-order valence-electron chi connectivity index (χ2n) is 5.24. The lowest BCUT2D eigenvalue weighted by molar-refractivity contribution is -0.131. The van der Waals surface area contributed by atoms with Crippen LogP contribution in [-0.2, 0) is 4.79 Å². The Morgan fingerprint density at radius 3 is 2.50 bits per heavy atom.